The van der Waals surface area contributed by atoms with Crippen molar-refractivity contribution < 1.29 is 8.78 Å². The molecule has 0 nitrogen and oxygen atoms in total. The van der Waals surface area contributed by atoms with Gasteiger partial charge in [-0.05, 0) is 49.8 Å². The number of rotatable bonds is 4. The molecule has 0 amide bonds. The highest BCUT2D eigenvalue weighted by atomic mass is 19.2. The molecule has 0 aliphatic heterocycles. The molecular formula is C19H24F2. The number of unbranched alkanes of at least 4 members (excludes halogenated alkanes) is 2. The van der Waals surface area contributed by atoms with E-state index in [2.05, 4.69) is 18.8 Å². The van der Waals surface area contributed by atoms with E-state index < -0.39 is 11.6 Å². The van der Waals surface area contributed by atoms with E-state index in [1.807, 2.05) is 0 Å². The van der Waals surface area contributed by atoms with Crippen molar-refractivity contribution in [1.29, 1.82) is 0 Å². The zero-order chi connectivity index (χ0) is 15.1. The summed E-state index contributed by atoms with van der Waals surface area (Å²) in [5, 5.41) is 0. The summed E-state index contributed by atoms with van der Waals surface area (Å²) in [5.74, 6) is 5.89. The summed E-state index contributed by atoms with van der Waals surface area (Å²) in [6.07, 6.45) is 10.2. The molecule has 1 aromatic carbocycles. The van der Waals surface area contributed by atoms with Crippen molar-refractivity contribution >= 4 is 0 Å². The van der Waals surface area contributed by atoms with Gasteiger partial charge in [0.1, 0.15) is 0 Å². The van der Waals surface area contributed by atoms with Gasteiger partial charge in [0.15, 0.2) is 11.6 Å². The fourth-order valence-corrected chi connectivity index (χ4v) is 3.04. The van der Waals surface area contributed by atoms with Crippen LogP contribution >= 0.6 is 0 Å². The molecule has 0 saturated heterocycles. The number of hydrogen-bond donors (Lipinski definition) is 0. The van der Waals surface area contributed by atoms with Gasteiger partial charge >= 0.3 is 0 Å². The molecule has 1 fully saturated rings. The van der Waals surface area contributed by atoms with Crippen LogP contribution in [-0.4, -0.2) is 0 Å². The zero-order valence-corrected chi connectivity index (χ0v) is 12.8. The number of hydrogen-bond acceptors (Lipinski definition) is 0. The molecule has 2 heteroatoms. The molecule has 0 heterocycles. The van der Waals surface area contributed by atoms with E-state index in [1.54, 1.807) is 6.07 Å². The fraction of sp³-hybridized carbons (Fsp3) is 0.579. The van der Waals surface area contributed by atoms with Crippen LogP contribution in [0.1, 0.15) is 63.9 Å². The van der Waals surface area contributed by atoms with Gasteiger partial charge in [-0.25, -0.2) is 8.78 Å². The van der Waals surface area contributed by atoms with Gasteiger partial charge in [-0.1, -0.05) is 44.4 Å². The molecule has 21 heavy (non-hydrogen) atoms. The number of halogens is 2. The third kappa shape index (κ3) is 5.16. The Bertz CT molecular complexity index is 502. The Morgan fingerprint density at radius 2 is 1.81 bits per heavy atom. The minimum atomic E-state index is -0.818. The van der Waals surface area contributed by atoms with E-state index in [9.17, 15) is 8.78 Å². The minimum absolute atomic E-state index is 0.417. The SMILES string of the molecule is CCCCC[C@H]1CC[C@H](C#Cc2ccc(F)c(F)c2)CC1. The van der Waals surface area contributed by atoms with Crippen LogP contribution in [0, 0.1) is 35.3 Å². The van der Waals surface area contributed by atoms with Gasteiger partial charge in [-0.15, -0.1) is 0 Å². The molecule has 0 N–H and O–H groups in total. The van der Waals surface area contributed by atoms with Gasteiger partial charge in [0.05, 0.1) is 0 Å². The van der Waals surface area contributed by atoms with Crippen molar-refractivity contribution in [3.05, 3.63) is 35.4 Å². The molecule has 0 spiro atoms. The summed E-state index contributed by atoms with van der Waals surface area (Å²) in [4.78, 5) is 0. The first-order valence-corrected chi connectivity index (χ1v) is 8.15. The molecule has 0 atom stereocenters. The lowest BCUT2D eigenvalue weighted by atomic mass is 9.80. The lowest BCUT2D eigenvalue weighted by Gasteiger charge is -2.25. The van der Waals surface area contributed by atoms with E-state index in [1.165, 1.54) is 44.6 Å². The second-order valence-corrected chi connectivity index (χ2v) is 6.11. The maximum Gasteiger partial charge on any atom is 0.160 e. The van der Waals surface area contributed by atoms with Crippen LogP contribution in [0.15, 0.2) is 18.2 Å². The van der Waals surface area contributed by atoms with Gasteiger partial charge in [-0.3, -0.25) is 0 Å². The Hall–Kier alpha value is -1.36. The standard InChI is InChI=1S/C19H24F2/c1-2-3-4-5-15-6-8-16(9-7-15)10-11-17-12-13-18(20)19(21)14-17/h12-16H,2-9H2,1H3/t15-,16-. The van der Waals surface area contributed by atoms with Crippen molar-refractivity contribution in [2.45, 2.75) is 58.3 Å². The van der Waals surface area contributed by atoms with Crippen LogP contribution in [0.5, 0.6) is 0 Å². The predicted octanol–water partition coefficient (Wildman–Crippen LogP) is 5.70. The van der Waals surface area contributed by atoms with Crippen LogP contribution in [0.2, 0.25) is 0 Å². The highest BCUT2D eigenvalue weighted by Crippen LogP contribution is 2.31. The molecule has 1 aliphatic rings. The Morgan fingerprint density at radius 1 is 1.05 bits per heavy atom. The van der Waals surface area contributed by atoms with E-state index in [-0.39, 0.29) is 0 Å². The molecule has 1 saturated carbocycles. The lowest BCUT2D eigenvalue weighted by Crippen LogP contribution is -2.13. The lowest BCUT2D eigenvalue weighted by molar-refractivity contribution is 0.294. The topological polar surface area (TPSA) is 0 Å². The second kappa shape index (κ2) is 8.17. The monoisotopic (exact) mass is 290 g/mol. The average molecular weight is 290 g/mol. The molecule has 2 rings (SSSR count). The van der Waals surface area contributed by atoms with Crippen molar-refractivity contribution in [2.75, 3.05) is 0 Å². The number of benzene rings is 1. The van der Waals surface area contributed by atoms with Gasteiger partial charge in [0.2, 0.25) is 0 Å². The molecule has 1 aliphatic carbocycles. The van der Waals surface area contributed by atoms with Crippen LogP contribution < -0.4 is 0 Å². The molecule has 0 radical (unpaired) electrons. The van der Waals surface area contributed by atoms with E-state index in [4.69, 9.17) is 0 Å². The molecule has 1 aromatic rings. The highest BCUT2D eigenvalue weighted by molar-refractivity contribution is 5.35. The summed E-state index contributed by atoms with van der Waals surface area (Å²) in [6, 6.07) is 3.87. The summed E-state index contributed by atoms with van der Waals surface area (Å²) >= 11 is 0. The fourth-order valence-electron chi connectivity index (χ4n) is 3.04. The highest BCUT2D eigenvalue weighted by Gasteiger charge is 2.19. The second-order valence-electron chi connectivity index (χ2n) is 6.11. The summed E-state index contributed by atoms with van der Waals surface area (Å²) < 4.78 is 25.9. The van der Waals surface area contributed by atoms with Crippen LogP contribution in [0.4, 0.5) is 8.78 Å². The predicted molar refractivity (Wildman–Crippen MR) is 82.8 cm³/mol. The Labute approximate surface area is 127 Å². The van der Waals surface area contributed by atoms with Crippen molar-refractivity contribution in [3.8, 4) is 11.8 Å². The Kier molecular flexibility index (Phi) is 6.23. The molecule has 114 valence electrons. The van der Waals surface area contributed by atoms with E-state index in [0.717, 1.165) is 24.8 Å². The van der Waals surface area contributed by atoms with Crippen molar-refractivity contribution in [2.24, 2.45) is 11.8 Å². The molecule has 0 aromatic heterocycles. The largest absolute Gasteiger partial charge is 0.204 e. The van der Waals surface area contributed by atoms with E-state index in [0.29, 0.717) is 11.5 Å². The first kappa shape index (κ1) is 16.0. The summed E-state index contributed by atoms with van der Waals surface area (Å²) in [5.41, 5.74) is 0.568. The first-order valence-electron chi connectivity index (χ1n) is 8.15. The van der Waals surface area contributed by atoms with Crippen LogP contribution in [0.3, 0.4) is 0 Å². The van der Waals surface area contributed by atoms with Crippen molar-refractivity contribution in [3.63, 3.8) is 0 Å². The Balaban J connectivity index is 1.81. The normalized spacial score (nSPS) is 21.7. The maximum absolute atomic E-state index is 13.1. The zero-order valence-electron chi connectivity index (χ0n) is 12.8. The summed E-state index contributed by atoms with van der Waals surface area (Å²) in [7, 11) is 0. The third-order valence-electron chi connectivity index (χ3n) is 4.40. The first-order chi connectivity index (χ1) is 10.2. The Morgan fingerprint density at radius 3 is 2.48 bits per heavy atom. The van der Waals surface area contributed by atoms with E-state index >= 15 is 0 Å². The van der Waals surface area contributed by atoms with Crippen LogP contribution in [-0.2, 0) is 0 Å². The molecular weight excluding hydrogens is 266 g/mol. The molecule has 0 unspecified atom stereocenters. The van der Waals surface area contributed by atoms with Crippen LogP contribution in [0.25, 0.3) is 0 Å². The van der Waals surface area contributed by atoms with Gasteiger partial charge in [0, 0.05) is 11.5 Å². The maximum atomic E-state index is 13.1. The molecule has 0 bridgehead atoms. The summed E-state index contributed by atoms with van der Waals surface area (Å²) in [6.45, 7) is 2.24. The third-order valence-corrected chi connectivity index (χ3v) is 4.40. The van der Waals surface area contributed by atoms with Crippen molar-refractivity contribution in [1.82, 2.24) is 0 Å². The van der Waals surface area contributed by atoms with Gasteiger partial charge in [0.25, 0.3) is 0 Å². The quantitative estimate of drug-likeness (QED) is 0.492. The smallest absolute Gasteiger partial charge is 0.160 e. The van der Waals surface area contributed by atoms with Gasteiger partial charge in [-0.2, -0.15) is 0 Å². The average Bonchev–Trinajstić information content (AvgIpc) is 2.50. The van der Waals surface area contributed by atoms with Gasteiger partial charge < -0.3 is 0 Å². The minimum Gasteiger partial charge on any atom is -0.204 e.